The highest BCUT2D eigenvalue weighted by Crippen LogP contribution is 2.24. The first-order chi connectivity index (χ1) is 11.5. The van der Waals surface area contributed by atoms with Crippen LogP contribution in [0.2, 0.25) is 19.6 Å². The van der Waals surface area contributed by atoms with E-state index in [9.17, 15) is 0 Å². The molecule has 1 aromatic carbocycles. The van der Waals surface area contributed by atoms with Crippen molar-refractivity contribution in [2.24, 2.45) is 0 Å². The number of hydrogen-bond donors (Lipinski definition) is 0. The summed E-state index contributed by atoms with van der Waals surface area (Å²) in [6.07, 6.45) is 6.87. The predicted molar refractivity (Wildman–Crippen MR) is 107 cm³/mol. The summed E-state index contributed by atoms with van der Waals surface area (Å²) in [7, 11) is -1.29. The molecule has 3 heteroatoms. The van der Waals surface area contributed by atoms with Crippen molar-refractivity contribution in [3.63, 3.8) is 0 Å². The van der Waals surface area contributed by atoms with Gasteiger partial charge in [0.05, 0.1) is 0 Å². The van der Waals surface area contributed by atoms with Crippen LogP contribution in [-0.2, 0) is 0 Å². The van der Waals surface area contributed by atoms with Crippen molar-refractivity contribution >= 4 is 13.8 Å². The van der Waals surface area contributed by atoms with Crippen LogP contribution in [0.3, 0.4) is 0 Å². The highest BCUT2D eigenvalue weighted by molar-refractivity contribution is 6.83. The summed E-state index contributed by atoms with van der Waals surface area (Å²) in [5, 5.41) is 0. The highest BCUT2D eigenvalue weighted by Gasteiger charge is 2.25. The molecule has 1 aromatic rings. The summed E-state index contributed by atoms with van der Waals surface area (Å²) in [6, 6.07) is 9.73. The Kier molecular flexibility index (Phi) is 5.68. The molecule has 2 saturated heterocycles. The van der Waals surface area contributed by atoms with Crippen LogP contribution in [0.15, 0.2) is 24.3 Å². The average molecular weight is 341 g/mol. The fourth-order valence-corrected chi connectivity index (χ4v) is 4.31. The summed E-state index contributed by atoms with van der Waals surface area (Å²) in [4.78, 5) is 5.30. The van der Waals surface area contributed by atoms with Crippen LogP contribution in [-0.4, -0.2) is 45.2 Å². The molecule has 2 aliphatic heterocycles. The van der Waals surface area contributed by atoms with Gasteiger partial charge < -0.3 is 9.80 Å². The van der Waals surface area contributed by atoms with Gasteiger partial charge in [-0.05, 0) is 63.0 Å². The van der Waals surface area contributed by atoms with Crippen molar-refractivity contribution in [1.82, 2.24) is 4.90 Å². The van der Waals surface area contributed by atoms with Crippen LogP contribution in [0.1, 0.15) is 37.7 Å². The van der Waals surface area contributed by atoms with Gasteiger partial charge in [0.15, 0.2) is 0 Å². The van der Waals surface area contributed by atoms with E-state index in [1.54, 1.807) is 0 Å². The van der Waals surface area contributed by atoms with Crippen LogP contribution in [0.5, 0.6) is 0 Å². The van der Waals surface area contributed by atoms with E-state index in [0.717, 1.165) is 11.6 Å². The molecule has 2 aliphatic rings. The third kappa shape index (κ3) is 4.88. The molecule has 0 aromatic heterocycles. The molecule has 0 N–H and O–H groups in total. The first-order valence-electron chi connectivity index (χ1n) is 9.63. The fourth-order valence-electron chi connectivity index (χ4n) is 3.79. The quantitative estimate of drug-likeness (QED) is 0.583. The Morgan fingerprint density at radius 1 is 0.875 bits per heavy atom. The first-order valence-corrected chi connectivity index (χ1v) is 13.1. The van der Waals surface area contributed by atoms with E-state index in [1.807, 2.05) is 0 Å². The van der Waals surface area contributed by atoms with Crippen molar-refractivity contribution in [3.05, 3.63) is 29.8 Å². The lowest BCUT2D eigenvalue weighted by Gasteiger charge is -2.41. The molecule has 0 bridgehead atoms. The maximum absolute atomic E-state index is 3.45. The zero-order valence-electron chi connectivity index (χ0n) is 15.6. The van der Waals surface area contributed by atoms with Gasteiger partial charge in [-0.2, -0.15) is 0 Å². The van der Waals surface area contributed by atoms with Gasteiger partial charge in [-0.15, -0.1) is 5.54 Å². The summed E-state index contributed by atoms with van der Waals surface area (Å²) >= 11 is 0. The maximum atomic E-state index is 3.45. The minimum Gasteiger partial charge on any atom is -0.371 e. The Morgan fingerprint density at radius 3 is 2.08 bits per heavy atom. The van der Waals surface area contributed by atoms with E-state index >= 15 is 0 Å². The lowest BCUT2D eigenvalue weighted by atomic mass is 9.99. The van der Waals surface area contributed by atoms with Gasteiger partial charge in [0.1, 0.15) is 8.07 Å². The molecule has 0 spiro atoms. The lowest BCUT2D eigenvalue weighted by Crippen LogP contribution is -2.46. The van der Waals surface area contributed by atoms with Gasteiger partial charge >= 0.3 is 0 Å². The molecule has 2 nitrogen and oxygen atoms in total. The van der Waals surface area contributed by atoms with Crippen LogP contribution in [0, 0.1) is 11.5 Å². The van der Waals surface area contributed by atoms with Crippen LogP contribution in [0.4, 0.5) is 5.69 Å². The molecule has 0 radical (unpaired) electrons. The normalized spacial score (nSPS) is 20.5. The smallest absolute Gasteiger partial charge is 0.129 e. The predicted octanol–water partition coefficient (Wildman–Crippen LogP) is 4.37. The minimum atomic E-state index is -1.29. The summed E-state index contributed by atoms with van der Waals surface area (Å²) in [5.41, 5.74) is 5.97. The highest BCUT2D eigenvalue weighted by atomic mass is 28.3. The topological polar surface area (TPSA) is 6.48 Å². The minimum absolute atomic E-state index is 0.823. The summed E-state index contributed by atoms with van der Waals surface area (Å²) in [5.74, 6) is 3.35. The third-order valence-electron chi connectivity index (χ3n) is 5.19. The van der Waals surface area contributed by atoms with Gasteiger partial charge in [0.25, 0.3) is 0 Å². The Hall–Kier alpha value is -1.24. The molecule has 0 amide bonds. The second-order valence-electron chi connectivity index (χ2n) is 8.36. The summed E-state index contributed by atoms with van der Waals surface area (Å²) in [6.45, 7) is 11.9. The van der Waals surface area contributed by atoms with Crippen LogP contribution in [0.25, 0.3) is 0 Å². The molecule has 2 fully saturated rings. The molecular weight excluding hydrogens is 308 g/mol. The largest absolute Gasteiger partial charge is 0.371 e. The Balaban J connectivity index is 1.55. The van der Waals surface area contributed by atoms with Gasteiger partial charge in [0.2, 0.25) is 0 Å². The third-order valence-corrected chi connectivity index (χ3v) is 6.06. The van der Waals surface area contributed by atoms with Crippen molar-refractivity contribution < 1.29 is 0 Å². The van der Waals surface area contributed by atoms with Crippen molar-refractivity contribution in [2.45, 2.75) is 57.8 Å². The number of piperidine rings is 2. The van der Waals surface area contributed by atoms with Crippen LogP contribution >= 0.6 is 0 Å². The maximum Gasteiger partial charge on any atom is 0.129 e. The average Bonchev–Trinajstić information content (AvgIpc) is 2.61. The van der Waals surface area contributed by atoms with Gasteiger partial charge in [-0.1, -0.05) is 32.0 Å². The van der Waals surface area contributed by atoms with Gasteiger partial charge in [0, 0.05) is 30.4 Å². The standard InChI is InChI=1S/C21H32N2Si/c1-24(2,3)18-13-19-7-9-20(10-8-19)23-16-11-21(12-17-23)22-14-5-4-6-15-22/h7-10,21H,4-6,11-12,14-17H2,1-3H3. The van der Waals surface area contributed by atoms with Crippen molar-refractivity contribution in [2.75, 3.05) is 31.1 Å². The molecule has 0 aliphatic carbocycles. The second kappa shape index (κ2) is 7.76. The lowest BCUT2D eigenvalue weighted by molar-refractivity contribution is 0.141. The van der Waals surface area contributed by atoms with E-state index in [4.69, 9.17) is 0 Å². The number of nitrogens with zero attached hydrogens (tertiary/aromatic N) is 2. The number of hydrogen-bond acceptors (Lipinski definition) is 2. The van der Waals surface area contributed by atoms with Crippen molar-refractivity contribution in [3.8, 4) is 11.5 Å². The Morgan fingerprint density at radius 2 is 1.50 bits per heavy atom. The number of benzene rings is 1. The molecule has 0 unspecified atom stereocenters. The molecule has 0 saturated carbocycles. The zero-order chi connectivity index (χ0) is 17.0. The van der Waals surface area contributed by atoms with E-state index in [1.165, 1.54) is 64.0 Å². The number of likely N-dealkylation sites (tertiary alicyclic amines) is 1. The van der Waals surface area contributed by atoms with E-state index < -0.39 is 8.07 Å². The van der Waals surface area contributed by atoms with E-state index in [-0.39, 0.29) is 0 Å². The van der Waals surface area contributed by atoms with Crippen LogP contribution < -0.4 is 4.90 Å². The molecule has 2 heterocycles. The van der Waals surface area contributed by atoms with E-state index in [0.29, 0.717) is 0 Å². The first kappa shape index (κ1) is 17.6. The zero-order valence-corrected chi connectivity index (χ0v) is 16.6. The number of rotatable bonds is 2. The Bertz CT molecular complexity index is 577. The Labute approximate surface area is 149 Å². The molecule has 130 valence electrons. The SMILES string of the molecule is C[Si](C)(C)C#Cc1ccc(N2CCC(N3CCCCC3)CC2)cc1. The van der Waals surface area contributed by atoms with E-state index in [2.05, 4.69) is 65.2 Å². The van der Waals surface area contributed by atoms with Gasteiger partial charge in [-0.3, -0.25) is 0 Å². The fraction of sp³-hybridized carbons (Fsp3) is 0.619. The molecule has 0 atom stereocenters. The van der Waals surface area contributed by atoms with Gasteiger partial charge in [-0.25, -0.2) is 0 Å². The molecular formula is C21H32N2Si. The summed E-state index contributed by atoms with van der Waals surface area (Å²) < 4.78 is 0. The monoisotopic (exact) mass is 340 g/mol. The number of anilines is 1. The van der Waals surface area contributed by atoms with Crippen molar-refractivity contribution in [1.29, 1.82) is 0 Å². The second-order valence-corrected chi connectivity index (χ2v) is 13.1. The molecule has 3 rings (SSSR count). The molecule has 24 heavy (non-hydrogen) atoms.